The Bertz CT molecular complexity index is 421. The lowest BCUT2D eigenvalue weighted by Crippen LogP contribution is -2.05. The van der Waals surface area contributed by atoms with Gasteiger partial charge in [-0.15, -0.1) is 12.4 Å². The van der Waals surface area contributed by atoms with Crippen molar-refractivity contribution in [1.82, 2.24) is 4.98 Å². The zero-order valence-electron chi connectivity index (χ0n) is 7.97. The van der Waals surface area contributed by atoms with Crippen LogP contribution in [-0.2, 0) is 0 Å². The molecule has 0 aliphatic carbocycles. The van der Waals surface area contributed by atoms with Crippen LogP contribution in [0.1, 0.15) is 18.5 Å². The molecule has 1 aromatic carbocycles. The van der Waals surface area contributed by atoms with E-state index in [4.69, 9.17) is 5.73 Å². The molecule has 1 atom stereocenters. The second-order valence-corrected chi connectivity index (χ2v) is 3.21. The third kappa shape index (κ3) is 1.86. The highest BCUT2D eigenvalue weighted by molar-refractivity contribution is 5.85. The van der Waals surface area contributed by atoms with Crippen molar-refractivity contribution in [2.75, 3.05) is 0 Å². The number of hydrogen-bond donors (Lipinski definition) is 1. The topological polar surface area (TPSA) is 38.9 Å². The molecule has 0 bridgehead atoms. The zero-order chi connectivity index (χ0) is 9.26. The molecule has 2 nitrogen and oxygen atoms in total. The smallest absolute Gasteiger partial charge is 0.0749 e. The molecule has 2 aromatic rings. The number of rotatable bonds is 1. The average molecular weight is 209 g/mol. The van der Waals surface area contributed by atoms with Crippen LogP contribution < -0.4 is 5.73 Å². The molecule has 1 aromatic heterocycles. The maximum atomic E-state index is 5.84. The highest BCUT2D eigenvalue weighted by atomic mass is 35.5. The first-order valence-electron chi connectivity index (χ1n) is 4.38. The Morgan fingerprint density at radius 1 is 1.21 bits per heavy atom. The standard InChI is InChI=1S/C11H12N2.ClH/c1-8(12)10-6-2-4-9-5-3-7-13-11(9)10;/h2-8H,12H2,1H3;1H. The van der Waals surface area contributed by atoms with Gasteiger partial charge in [-0.05, 0) is 18.6 Å². The number of para-hydroxylation sites is 1. The van der Waals surface area contributed by atoms with Crippen LogP contribution in [0.2, 0.25) is 0 Å². The Morgan fingerprint density at radius 3 is 2.64 bits per heavy atom. The summed E-state index contributed by atoms with van der Waals surface area (Å²) < 4.78 is 0. The van der Waals surface area contributed by atoms with Gasteiger partial charge in [0.1, 0.15) is 0 Å². The minimum Gasteiger partial charge on any atom is -0.324 e. The molecule has 3 heteroatoms. The van der Waals surface area contributed by atoms with Gasteiger partial charge in [0, 0.05) is 17.6 Å². The van der Waals surface area contributed by atoms with Crippen molar-refractivity contribution in [3.63, 3.8) is 0 Å². The number of hydrogen-bond acceptors (Lipinski definition) is 2. The summed E-state index contributed by atoms with van der Waals surface area (Å²) in [6.07, 6.45) is 1.80. The monoisotopic (exact) mass is 208 g/mol. The van der Waals surface area contributed by atoms with Gasteiger partial charge in [-0.1, -0.05) is 24.3 Å². The molecule has 14 heavy (non-hydrogen) atoms. The molecule has 0 fully saturated rings. The van der Waals surface area contributed by atoms with Gasteiger partial charge in [0.05, 0.1) is 5.52 Å². The molecule has 0 saturated heterocycles. The van der Waals surface area contributed by atoms with Crippen molar-refractivity contribution in [3.05, 3.63) is 42.1 Å². The summed E-state index contributed by atoms with van der Waals surface area (Å²) in [7, 11) is 0. The number of nitrogens with zero attached hydrogens (tertiary/aromatic N) is 1. The molecule has 2 N–H and O–H groups in total. The van der Waals surface area contributed by atoms with E-state index in [2.05, 4.69) is 4.98 Å². The van der Waals surface area contributed by atoms with Crippen LogP contribution in [0.4, 0.5) is 0 Å². The lowest BCUT2D eigenvalue weighted by Gasteiger charge is -2.07. The molecule has 0 aliphatic heterocycles. The van der Waals surface area contributed by atoms with E-state index < -0.39 is 0 Å². The molecule has 1 heterocycles. The van der Waals surface area contributed by atoms with E-state index >= 15 is 0 Å². The minimum absolute atomic E-state index is 0. The highest BCUT2D eigenvalue weighted by Gasteiger charge is 2.04. The Kier molecular flexibility index (Phi) is 3.44. The predicted molar refractivity (Wildman–Crippen MR) is 61.6 cm³/mol. The Balaban J connectivity index is 0.000000980. The summed E-state index contributed by atoms with van der Waals surface area (Å²) in [5.74, 6) is 0. The molecular weight excluding hydrogens is 196 g/mol. The van der Waals surface area contributed by atoms with Crippen LogP contribution in [-0.4, -0.2) is 4.98 Å². The van der Waals surface area contributed by atoms with Crippen LogP contribution in [0.25, 0.3) is 10.9 Å². The number of benzene rings is 1. The van der Waals surface area contributed by atoms with E-state index in [1.165, 1.54) is 0 Å². The number of halogens is 1. The van der Waals surface area contributed by atoms with E-state index in [1.807, 2.05) is 37.3 Å². The van der Waals surface area contributed by atoms with Gasteiger partial charge < -0.3 is 5.73 Å². The van der Waals surface area contributed by atoms with E-state index in [-0.39, 0.29) is 18.4 Å². The first kappa shape index (κ1) is 11.0. The summed E-state index contributed by atoms with van der Waals surface area (Å²) in [6.45, 7) is 1.98. The molecular formula is C11H13ClN2. The SMILES string of the molecule is CC(N)c1cccc2cccnc12.Cl. The van der Waals surface area contributed by atoms with Crippen LogP contribution in [0.15, 0.2) is 36.5 Å². The summed E-state index contributed by atoms with van der Waals surface area (Å²) in [6, 6.07) is 10.1. The molecule has 0 radical (unpaired) electrons. The number of aromatic nitrogens is 1. The van der Waals surface area contributed by atoms with Crippen LogP contribution in [0.3, 0.4) is 0 Å². The largest absolute Gasteiger partial charge is 0.324 e. The van der Waals surface area contributed by atoms with Crippen molar-refractivity contribution in [2.24, 2.45) is 5.73 Å². The van der Waals surface area contributed by atoms with Crippen LogP contribution >= 0.6 is 12.4 Å². The Labute approximate surface area is 89.6 Å². The first-order valence-corrected chi connectivity index (χ1v) is 4.38. The van der Waals surface area contributed by atoms with E-state index in [0.717, 1.165) is 16.5 Å². The van der Waals surface area contributed by atoms with Gasteiger partial charge in [-0.25, -0.2) is 0 Å². The van der Waals surface area contributed by atoms with Gasteiger partial charge in [0.2, 0.25) is 0 Å². The van der Waals surface area contributed by atoms with E-state index in [9.17, 15) is 0 Å². The molecule has 0 aliphatic rings. The van der Waals surface area contributed by atoms with Gasteiger partial charge in [-0.3, -0.25) is 4.98 Å². The third-order valence-electron chi connectivity index (χ3n) is 2.15. The third-order valence-corrected chi connectivity index (χ3v) is 2.15. The second-order valence-electron chi connectivity index (χ2n) is 3.21. The molecule has 0 spiro atoms. The maximum Gasteiger partial charge on any atom is 0.0749 e. The normalized spacial score (nSPS) is 12.1. The number of nitrogens with two attached hydrogens (primary N) is 1. The van der Waals surface area contributed by atoms with Crippen molar-refractivity contribution < 1.29 is 0 Å². The maximum absolute atomic E-state index is 5.84. The van der Waals surface area contributed by atoms with E-state index in [0.29, 0.717) is 0 Å². The average Bonchev–Trinajstić information content (AvgIpc) is 2.17. The van der Waals surface area contributed by atoms with Crippen molar-refractivity contribution in [1.29, 1.82) is 0 Å². The molecule has 2 rings (SSSR count). The lowest BCUT2D eigenvalue weighted by molar-refractivity contribution is 0.824. The summed E-state index contributed by atoms with van der Waals surface area (Å²) >= 11 is 0. The van der Waals surface area contributed by atoms with Gasteiger partial charge >= 0.3 is 0 Å². The van der Waals surface area contributed by atoms with Gasteiger partial charge in [0.25, 0.3) is 0 Å². The van der Waals surface area contributed by atoms with Crippen LogP contribution in [0.5, 0.6) is 0 Å². The number of pyridine rings is 1. The predicted octanol–water partition coefficient (Wildman–Crippen LogP) is 2.68. The quantitative estimate of drug-likeness (QED) is 0.783. The second kappa shape index (κ2) is 4.40. The summed E-state index contributed by atoms with van der Waals surface area (Å²) in [5.41, 5.74) is 7.96. The van der Waals surface area contributed by atoms with Gasteiger partial charge in [0.15, 0.2) is 0 Å². The Morgan fingerprint density at radius 2 is 1.93 bits per heavy atom. The Hall–Kier alpha value is -1.12. The lowest BCUT2D eigenvalue weighted by atomic mass is 10.1. The number of fused-ring (bicyclic) bond motifs is 1. The summed E-state index contributed by atoms with van der Waals surface area (Å²) in [4.78, 5) is 4.32. The highest BCUT2D eigenvalue weighted by Crippen LogP contribution is 2.20. The van der Waals surface area contributed by atoms with Crippen LogP contribution in [0, 0.1) is 0 Å². The molecule has 74 valence electrons. The fourth-order valence-corrected chi connectivity index (χ4v) is 1.50. The first-order chi connectivity index (χ1) is 6.29. The fourth-order valence-electron chi connectivity index (χ4n) is 1.50. The van der Waals surface area contributed by atoms with Crippen molar-refractivity contribution in [2.45, 2.75) is 13.0 Å². The van der Waals surface area contributed by atoms with Crippen molar-refractivity contribution in [3.8, 4) is 0 Å². The minimum atomic E-state index is 0. The summed E-state index contributed by atoms with van der Waals surface area (Å²) in [5, 5.41) is 1.15. The zero-order valence-corrected chi connectivity index (χ0v) is 8.79. The van der Waals surface area contributed by atoms with Gasteiger partial charge in [-0.2, -0.15) is 0 Å². The van der Waals surface area contributed by atoms with Crippen molar-refractivity contribution >= 4 is 23.3 Å². The molecule has 0 amide bonds. The molecule has 0 saturated carbocycles. The van der Waals surface area contributed by atoms with E-state index in [1.54, 1.807) is 6.20 Å². The molecule has 1 unspecified atom stereocenters. The fraction of sp³-hybridized carbons (Fsp3) is 0.182.